The molecule has 0 aliphatic heterocycles. The average Bonchev–Trinajstić information content (AvgIpc) is 2.22. The van der Waals surface area contributed by atoms with Gasteiger partial charge in [-0.1, -0.05) is 6.92 Å². The van der Waals surface area contributed by atoms with Crippen LogP contribution < -0.4 is 10.6 Å². The van der Waals surface area contributed by atoms with Crippen LogP contribution in [-0.4, -0.2) is 34.7 Å². The minimum absolute atomic E-state index is 0.000210. The fourth-order valence-corrected chi connectivity index (χ4v) is 1.73. The summed E-state index contributed by atoms with van der Waals surface area (Å²) in [6.07, 6.45) is 3.67. The topological polar surface area (TPSA) is 61.4 Å². The summed E-state index contributed by atoms with van der Waals surface area (Å²) in [5.41, 5.74) is -0.741. The summed E-state index contributed by atoms with van der Waals surface area (Å²) in [5.74, 6) is -0.000210. The van der Waals surface area contributed by atoms with E-state index in [-0.39, 0.29) is 17.5 Å². The van der Waals surface area contributed by atoms with Gasteiger partial charge in [0.25, 0.3) is 0 Å². The SMILES string of the molecule is CCC(C)(C)NC(=O)C(C)NCC1(O)CCC1. The van der Waals surface area contributed by atoms with Crippen LogP contribution in [0.4, 0.5) is 0 Å². The minimum atomic E-state index is -0.575. The standard InChI is InChI=1S/C13H26N2O2/c1-5-12(3,4)15-11(16)10(2)14-9-13(17)7-6-8-13/h10,14,17H,5-9H2,1-4H3,(H,15,16). The minimum Gasteiger partial charge on any atom is -0.389 e. The molecule has 0 aromatic carbocycles. The van der Waals surface area contributed by atoms with Crippen molar-refractivity contribution in [3.63, 3.8) is 0 Å². The van der Waals surface area contributed by atoms with Gasteiger partial charge in [-0.3, -0.25) is 4.79 Å². The summed E-state index contributed by atoms with van der Waals surface area (Å²) >= 11 is 0. The van der Waals surface area contributed by atoms with Crippen molar-refractivity contribution in [2.24, 2.45) is 0 Å². The summed E-state index contributed by atoms with van der Waals surface area (Å²) in [4.78, 5) is 11.9. The van der Waals surface area contributed by atoms with Crippen LogP contribution in [0, 0.1) is 0 Å². The van der Waals surface area contributed by atoms with E-state index >= 15 is 0 Å². The third-order valence-corrected chi connectivity index (χ3v) is 3.76. The number of rotatable bonds is 6. The van der Waals surface area contributed by atoms with Gasteiger partial charge in [-0.05, 0) is 46.5 Å². The summed E-state index contributed by atoms with van der Waals surface area (Å²) in [5, 5.41) is 16.0. The van der Waals surface area contributed by atoms with Crippen LogP contribution in [0.2, 0.25) is 0 Å². The van der Waals surface area contributed by atoms with E-state index in [9.17, 15) is 9.90 Å². The quantitative estimate of drug-likeness (QED) is 0.655. The maximum absolute atomic E-state index is 11.9. The molecule has 0 aromatic heterocycles. The van der Waals surface area contributed by atoms with Crippen molar-refractivity contribution in [3.05, 3.63) is 0 Å². The summed E-state index contributed by atoms with van der Waals surface area (Å²) in [7, 11) is 0. The monoisotopic (exact) mass is 242 g/mol. The first-order chi connectivity index (χ1) is 7.78. The van der Waals surface area contributed by atoms with Crippen molar-refractivity contribution in [2.45, 2.75) is 70.6 Å². The first kappa shape index (κ1) is 14.5. The Hall–Kier alpha value is -0.610. The molecule has 0 saturated heterocycles. The maximum Gasteiger partial charge on any atom is 0.237 e. The maximum atomic E-state index is 11.9. The van der Waals surface area contributed by atoms with Crippen molar-refractivity contribution < 1.29 is 9.90 Å². The number of amides is 1. The molecule has 0 heterocycles. The van der Waals surface area contributed by atoms with Crippen molar-refractivity contribution >= 4 is 5.91 Å². The number of hydrogen-bond donors (Lipinski definition) is 3. The second-order valence-electron chi connectivity index (χ2n) is 5.91. The van der Waals surface area contributed by atoms with Gasteiger partial charge in [0.05, 0.1) is 11.6 Å². The molecule has 1 amide bonds. The number of nitrogens with one attached hydrogen (secondary N) is 2. The first-order valence-electron chi connectivity index (χ1n) is 6.56. The zero-order valence-corrected chi connectivity index (χ0v) is 11.5. The Balaban J connectivity index is 2.31. The van der Waals surface area contributed by atoms with E-state index in [2.05, 4.69) is 17.6 Å². The van der Waals surface area contributed by atoms with Gasteiger partial charge in [-0.2, -0.15) is 0 Å². The van der Waals surface area contributed by atoms with Gasteiger partial charge in [0.15, 0.2) is 0 Å². The summed E-state index contributed by atoms with van der Waals surface area (Å²) in [6.45, 7) is 8.42. The lowest BCUT2D eigenvalue weighted by molar-refractivity contribution is -0.124. The van der Waals surface area contributed by atoms with Crippen LogP contribution in [-0.2, 0) is 4.79 Å². The molecule has 1 unspecified atom stereocenters. The largest absolute Gasteiger partial charge is 0.389 e. The Morgan fingerprint density at radius 3 is 2.47 bits per heavy atom. The Kier molecular flexibility index (Phi) is 4.55. The predicted octanol–water partition coefficient (Wildman–Crippen LogP) is 1.18. The third-order valence-electron chi connectivity index (χ3n) is 3.76. The Morgan fingerprint density at radius 1 is 1.47 bits per heavy atom. The Morgan fingerprint density at radius 2 is 2.06 bits per heavy atom. The predicted molar refractivity (Wildman–Crippen MR) is 68.8 cm³/mol. The first-order valence-corrected chi connectivity index (χ1v) is 6.56. The molecule has 0 aromatic rings. The summed E-state index contributed by atoms with van der Waals surface area (Å²) < 4.78 is 0. The number of aliphatic hydroxyl groups is 1. The van der Waals surface area contributed by atoms with Gasteiger partial charge in [-0.25, -0.2) is 0 Å². The molecule has 1 rings (SSSR count). The van der Waals surface area contributed by atoms with Crippen LogP contribution in [0.15, 0.2) is 0 Å². The molecular weight excluding hydrogens is 216 g/mol. The number of hydrogen-bond acceptors (Lipinski definition) is 3. The van der Waals surface area contributed by atoms with Gasteiger partial charge in [0.1, 0.15) is 0 Å². The molecule has 3 N–H and O–H groups in total. The van der Waals surface area contributed by atoms with E-state index in [1.165, 1.54) is 0 Å². The molecule has 1 atom stereocenters. The molecule has 4 nitrogen and oxygen atoms in total. The lowest BCUT2D eigenvalue weighted by Gasteiger charge is -2.37. The molecule has 0 radical (unpaired) electrons. The molecule has 1 fully saturated rings. The zero-order valence-electron chi connectivity index (χ0n) is 11.5. The molecule has 1 aliphatic rings. The Labute approximate surface area is 104 Å². The average molecular weight is 242 g/mol. The number of carbonyl (C=O) groups is 1. The van der Waals surface area contributed by atoms with Crippen molar-refractivity contribution in [1.29, 1.82) is 0 Å². The highest BCUT2D eigenvalue weighted by atomic mass is 16.3. The Bertz CT molecular complexity index is 273. The normalized spacial score (nSPS) is 20.5. The molecule has 4 heteroatoms. The van der Waals surface area contributed by atoms with Gasteiger partial charge in [0.2, 0.25) is 5.91 Å². The van der Waals surface area contributed by atoms with E-state index in [0.717, 1.165) is 25.7 Å². The van der Waals surface area contributed by atoms with E-state index in [4.69, 9.17) is 0 Å². The van der Waals surface area contributed by atoms with Crippen LogP contribution in [0.1, 0.15) is 53.4 Å². The van der Waals surface area contributed by atoms with Gasteiger partial charge >= 0.3 is 0 Å². The lowest BCUT2D eigenvalue weighted by atomic mass is 9.80. The second kappa shape index (κ2) is 5.36. The molecule has 17 heavy (non-hydrogen) atoms. The molecule has 100 valence electrons. The second-order valence-corrected chi connectivity index (χ2v) is 5.91. The van der Waals surface area contributed by atoms with Crippen LogP contribution in [0.25, 0.3) is 0 Å². The highest BCUT2D eigenvalue weighted by Gasteiger charge is 2.34. The van der Waals surface area contributed by atoms with Crippen molar-refractivity contribution in [3.8, 4) is 0 Å². The van der Waals surface area contributed by atoms with E-state index in [1.807, 2.05) is 20.8 Å². The molecule has 1 saturated carbocycles. The van der Waals surface area contributed by atoms with Crippen LogP contribution >= 0.6 is 0 Å². The van der Waals surface area contributed by atoms with E-state index in [1.54, 1.807) is 0 Å². The third kappa shape index (κ3) is 4.28. The highest BCUT2D eigenvalue weighted by molar-refractivity contribution is 5.81. The lowest BCUT2D eigenvalue weighted by Crippen LogP contribution is -2.54. The van der Waals surface area contributed by atoms with Gasteiger partial charge in [-0.15, -0.1) is 0 Å². The smallest absolute Gasteiger partial charge is 0.237 e. The molecule has 0 bridgehead atoms. The molecule has 0 spiro atoms. The van der Waals surface area contributed by atoms with Crippen LogP contribution in [0.3, 0.4) is 0 Å². The number of carbonyl (C=O) groups excluding carboxylic acids is 1. The molecular formula is C13H26N2O2. The molecule has 1 aliphatic carbocycles. The van der Waals surface area contributed by atoms with Gasteiger partial charge < -0.3 is 15.7 Å². The van der Waals surface area contributed by atoms with Crippen molar-refractivity contribution in [2.75, 3.05) is 6.54 Å². The van der Waals surface area contributed by atoms with Gasteiger partial charge in [0, 0.05) is 12.1 Å². The van der Waals surface area contributed by atoms with E-state index < -0.39 is 5.60 Å². The fraction of sp³-hybridized carbons (Fsp3) is 0.923. The van der Waals surface area contributed by atoms with Crippen LogP contribution in [0.5, 0.6) is 0 Å². The van der Waals surface area contributed by atoms with Crippen molar-refractivity contribution in [1.82, 2.24) is 10.6 Å². The summed E-state index contributed by atoms with van der Waals surface area (Å²) in [6, 6.07) is -0.259. The highest BCUT2D eigenvalue weighted by Crippen LogP contribution is 2.30. The fourth-order valence-electron chi connectivity index (χ4n) is 1.73. The zero-order chi connectivity index (χ0) is 13.1. The van der Waals surface area contributed by atoms with E-state index in [0.29, 0.717) is 6.54 Å².